The van der Waals surface area contributed by atoms with Crippen molar-refractivity contribution in [3.05, 3.63) is 11.1 Å². The van der Waals surface area contributed by atoms with E-state index in [0.717, 1.165) is 0 Å². The molecule has 0 aromatic rings. The summed E-state index contributed by atoms with van der Waals surface area (Å²) in [6.45, 7) is 1.71. The van der Waals surface area contributed by atoms with Gasteiger partial charge in [-0.1, -0.05) is 15.9 Å². The first-order valence-electron chi connectivity index (χ1n) is 6.19. The monoisotopic (exact) mass is 362 g/mol. The Morgan fingerprint density at radius 2 is 2.00 bits per heavy atom. The summed E-state index contributed by atoms with van der Waals surface area (Å²) in [6, 6.07) is 0. The quantitative estimate of drug-likeness (QED) is 0.389. The number of imide groups is 1. The lowest BCUT2D eigenvalue weighted by Crippen LogP contribution is -2.37. The van der Waals surface area contributed by atoms with E-state index in [9.17, 15) is 19.2 Å². The van der Waals surface area contributed by atoms with E-state index in [0.29, 0.717) is 5.06 Å². The number of nitrogens with one attached hydrogen (secondary N) is 1. The van der Waals surface area contributed by atoms with Gasteiger partial charge in [-0.25, -0.2) is 4.79 Å². The van der Waals surface area contributed by atoms with Crippen molar-refractivity contribution in [2.75, 3.05) is 13.2 Å². The molecule has 116 valence electrons. The fourth-order valence-corrected chi connectivity index (χ4v) is 1.66. The van der Waals surface area contributed by atoms with Crippen LogP contribution in [0.2, 0.25) is 0 Å². The van der Waals surface area contributed by atoms with Crippen LogP contribution >= 0.6 is 15.9 Å². The van der Waals surface area contributed by atoms with Crippen molar-refractivity contribution < 1.29 is 28.8 Å². The van der Waals surface area contributed by atoms with Gasteiger partial charge in [0.05, 0.1) is 6.61 Å². The molecule has 0 spiro atoms. The molecule has 0 aromatic heterocycles. The van der Waals surface area contributed by atoms with Gasteiger partial charge in [-0.15, -0.1) is 5.06 Å². The Morgan fingerprint density at radius 1 is 1.38 bits per heavy atom. The Balaban J connectivity index is 2.27. The predicted molar refractivity (Wildman–Crippen MR) is 73.7 cm³/mol. The molecule has 9 heteroatoms. The molecule has 1 N–H and O–H groups in total. The number of nitrogens with zero attached hydrogens (tertiary/aromatic N) is 1. The maximum atomic E-state index is 11.6. The summed E-state index contributed by atoms with van der Waals surface area (Å²) < 4.78 is 5.14. The molecule has 1 fully saturated rings. The number of hydrogen-bond donors (Lipinski definition) is 1. The van der Waals surface area contributed by atoms with Gasteiger partial charge in [0.2, 0.25) is 5.91 Å². The molecule has 0 aliphatic carbocycles. The van der Waals surface area contributed by atoms with Crippen LogP contribution in [0.5, 0.6) is 0 Å². The number of ether oxygens (including phenoxy) is 1. The van der Waals surface area contributed by atoms with Crippen molar-refractivity contribution in [2.24, 2.45) is 0 Å². The predicted octanol–water partition coefficient (Wildman–Crippen LogP) is 0.0235. The maximum absolute atomic E-state index is 11.6. The summed E-state index contributed by atoms with van der Waals surface area (Å²) in [7, 11) is 0. The molecule has 8 nitrogen and oxygen atoms in total. The van der Waals surface area contributed by atoms with E-state index in [2.05, 4.69) is 26.1 Å². The zero-order valence-corrected chi connectivity index (χ0v) is 12.9. The van der Waals surface area contributed by atoms with Gasteiger partial charge in [-0.2, -0.15) is 0 Å². The van der Waals surface area contributed by atoms with Crippen molar-refractivity contribution in [1.29, 1.82) is 0 Å². The highest BCUT2D eigenvalue weighted by atomic mass is 79.9. The van der Waals surface area contributed by atoms with Crippen LogP contribution < -0.4 is 5.32 Å². The standard InChI is InChI=1S/C12H15BrN2O6/c1-8(20-7-6-14-9(16)4-5-13)12(19)21-15-10(17)2-3-11(15)18/h4-5,8H,2-3,6-7H2,1H3,(H,14,16)/b5-4+. The van der Waals surface area contributed by atoms with E-state index in [4.69, 9.17) is 4.74 Å². The fraction of sp³-hybridized carbons (Fsp3) is 0.500. The smallest absolute Gasteiger partial charge is 0.361 e. The summed E-state index contributed by atoms with van der Waals surface area (Å²) in [5.74, 6) is -2.24. The van der Waals surface area contributed by atoms with Crippen molar-refractivity contribution >= 4 is 39.6 Å². The Morgan fingerprint density at radius 3 is 2.57 bits per heavy atom. The Labute approximate surface area is 129 Å². The van der Waals surface area contributed by atoms with Crippen LogP contribution in [0.3, 0.4) is 0 Å². The molecule has 0 bridgehead atoms. The molecule has 1 heterocycles. The average Bonchev–Trinajstić information content (AvgIpc) is 2.75. The molecule has 0 aromatic carbocycles. The van der Waals surface area contributed by atoms with Crippen LogP contribution in [-0.4, -0.2) is 48.0 Å². The number of hydroxylamine groups is 2. The van der Waals surface area contributed by atoms with Crippen molar-refractivity contribution in [1.82, 2.24) is 10.4 Å². The second-order valence-electron chi connectivity index (χ2n) is 4.09. The number of amides is 3. The van der Waals surface area contributed by atoms with Gasteiger partial charge in [0.15, 0.2) is 6.10 Å². The summed E-state index contributed by atoms with van der Waals surface area (Å²) in [4.78, 5) is 51.3. The topological polar surface area (TPSA) is 102 Å². The minimum absolute atomic E-state index is 0.0362. The average molecular weight is 363 g/mol. The van der Waals surface area contributed by atoms with E-state index in [-0.39, 0.29) is 31.9 Å². The van der Waals surface area contributed by atoms with Gasteiger partial charge >= 0.3 is 5.97 Å². The third kappa shape index (κ3) is 5.64. The lowest BCUT2D eigenvalue weighted by atomic mass is 10.4. The molecule has 21 heavy (non-hydrogen) atoms. The fourth-order valence-electron chi connectivity index (χ4n) is 1.42. The number of hydrogen-bond acceptors (Lipinski definition) is 6. The highest BCUT2D eigenvalue weighted by Gasteiger charge is 2.34. The summed E-state index contributed by atoms with van der Waals surface area (Å²) in [5.41, 5.74) is 0. The van der Waals surface area contributed by atoms with E-state index < -0.39 is 23.9 Å². The van der Waals surface area contributed by atoms with Crippen LogP contribution in [0.1, 0.15) is 19.8 Å². The lowest BCUT2D eigenvalue weighted by Gasteiger charge is -2.16. The third-order valence-corrected chi connectivity index (χ3v) is 2.77. The first-order chi connectivity index (χ1) is 9.95. The molecule has 1 saturated heterocycles. The molecule has 3 amide bonds. The SMILES string of the molecule is CC(OCCNC(=O)/C=C/Br)C(=O)ON1C(=O)CCC1=O. The van der Waals surface area contributed by atoms with Crippen LogP contribution in [0.4, 0.5) is 0 Å². The molecule has 0 saturated carbocycles. The lowest BCUT2D eigenvalue weighted by molar-refractivity contribution is -0.204. The van der Waals surface area contributed by atoms with Gasteiger partial charge < -0.3 is 14.9 Å². The van der Waals surface area contributed by atoms with Gasteiger partial charge in [-0.3, -0.25) is 14.4 Å². The number of carbonyl (C=O) groups is 4. The summed E-state index contributed by atoms with van der Waals surface area (Å²) in [6.07, 6.45) is 0.389. The molecule has 1 aliphatic rings. The highest BCUT2D eigenvalue weighted by Crippen LogP contribution is 2.13. The van der Waals surface area contributed by atoms with Gasteiger partial charge in [-0.05, 0) is 11.9 Å². The molecular weight excluding hydrogens is 348 g/mol. The van der Waals surface area contributed by atoms with E-state index in [1.54, 1.807) is 0 Å². The van der Waals surface area contributed by atoms with Crippen molar-refractivity contribution in [2.45, 2.75) is 25.9 Å². The Hall–Kier alpha value is -1.74. The van der Waals surface area contributed by atoms with Crippen molar-refractivity contribution in [3.8, 4) is 0 Å². The Bertz CT molecular complexity index is 449. The molecule has 0 radical (unpaired) electrons. The molecule has 1 rings (SSSR count). The number of carbonyl (C=O) groups excluding carboxylic acids is 4. The molecule has 1 atom stereocenters. The zero-order valence-electron chi connectivity index (χ0n) is 11.3. The second kappa shape index (κ2) is 8.53. The van der Waals surface area contributed by atoms with Crippen LogP contribution in [0.15, 0.2) is 11.1 Å². The van der Waals surface area contributed by atoms with Gasteiger partial charge in [0.1, 0.15) is 0 Å². The minimum atomic E-state index is -0.963. The minimum Gasteiger partial charge on any atom is -0.365 e. The first-order valence-corrected chi connectivity index (χ1v) is 7.11. The molecule has 1 aliphatic heterocycles. The largest absolute Gasteiger partial charge is 0.365 e. The highest BCUT2D eigenvalue weighted by molar-refractivity contribution is 9.11. The first kappa shape index (κ1) is 17.3. The van der Waals surface area contributed by atoms with Gasteiger partial charge in [0, 0.05) is 25.5 Å². The van der Waals surface area contributed by atoms with Gasteiger partial charge in [0.25, 0.3) is 11.8 Å². The van der Waals surface area contributed by atoms with E-state index >= 15 is 0 Å². The second-order valence-corrected chi connectivity index (χ2v) is 4.62. The maximum Gasteiger partial charge on any atom is 0.361 e. The third-order valence-electron chi connectivity index (χ3n) is 2.50. The van der Waals surface area contributed by atoms with Crippen LogP contribution in [0, 0.1) is 0 Å². The van der Waals surface area contributed by atoms with Crippen LogP contribution in [-0.2, 0) is 28.8 Å². The molecule has 1 unspecified atom stereocenters. The molecular formula is C12H15BrN2O6. The zero-order chi connectivity index (χ0) is 15.8. The summed E-state index contributed by atoms with van der Waals surface area (Å²) >= 11 is 2.96. The van der Waals surface area contributed by atoms with Crippen LogP contribution in [0.25, 0.3) is 0 Å². The van der Waals surface area contributed by atoms with E-state index in [1.165, 1.54) is 18.0 Å². The normalized spacial score (nSPS) is 16.4. The van der Waals surface area contributed by atoms with Crippen molar-refractivity contribution in [3.63, 3.8) is 0 Å². The Kier molecular flexibility index (Phi) is 7.03. The number of rotatable bonds is 7. The number of halogens is 1. The summed E-state index contributed by atoms with van der Waals surface area (Å²) in [5, 5.41) is 2.98. The van der Waals surface area contributed by atoms with E-state index in [1.807, 2.05) is 0 Å².